The molecule has 0 bridgehead atoms. The van der Waals surface area contributed by atoms with Crippen molar-refractivity contribution in [2.45, 2.75) is 25.8 Å². The number of aryl methyl sites for hydroxylation is 1. The molecule has 1 aromatic heterocycles. The minimum Gasteiger partial charge on any atom is -0.266 e. The van der Waals surface area contributed by atoms with E-state index in [0.717, 1.165) is 6.42 Å². The Balaban J connectivity index is 2.19. The molecule has 1 unspecified atom stereocenters. The molecule has 12 heavy (non-hydrogen) atoms. The molecule has 0 aromatic carbocycles. The molecule has 0 N–H and O–H groups in total. The van der Waals surface area contributed by atoms with Gasteiger partial charge in [0.1, 0.15) is 0 Å². The third-order valence-electron chi connectivity index (χ3n) is 2.37. The molecular formula is C9H14N2S. The minimum absolute atomic E-state index is 0.667. The maximum absolute atomic E-state index is 4.37. The molecule has 1 aliphatic rings. The molecule has 66 valence electrons. The van der Waals surface area contributed by atoms with Crippen LogP contribution in [0.25, 0.3) is 0 Å². The van der Waals surface area contributed by atoms with Gasteiger partial charge in [-0.05, 0) is 24.7 Å². The zero-order valence-corrected chi connectivity index (χ0v) is 8.18. The maximum Gasteiger partial charge on any atom is 0.0620 e. The normalized spacial score (nSPS) is 23.2. The second kappa shape index (κ2) is 3.52. The molecule has 2 nitrogen and oxygen atoms in total. The predicted molar refractivity (Wildman–Crippen MR) is 52.6 cm³/mol. The van der Waals surface area contributed by atoms with Crippen molar-refractivity contribution in [2.24, 2.45) is 0 Å². The van der Waals surface area contributed by atoms with E-state index < -0.39 is 0 Å². The van der Waals surface area contributed by atoms with Gasteiger partial charge in [0.2, 0.25) is 0 Å². The van der Waals surface area contributed by atoms with Crippen LogP contribution >= 0.6 is 11.8 Å². The van der Waals surface area contributed by atoms with Crippen molar-refractivity contribution < 1.29 is 0 Å². The number of nitrogens with zero attached hydrogens (tertiary/aromatic N) is 2. The Bertz CT molecular complexity index is 251. The monoisotopic (exact) mass is 182 g/mol. The van der Waals surface area contributed by atoms with E-state index in [-0.39, 0.29) is 0 Å². The van der Waals surface area contributed by atoms with E-state index >= 15 is 0 Å². The first-order valence-corrected chi connectivity index (χ1v) is 5.67. The topological polar surface area (TPSA) is 17.8 Å². The molecule has 0 saturated carbocycles. The number of aromatic nitrogens is 2. The standard InChI is InChI=1S/C9H14N2S/c1-2-8-3-5-10-11(8)9-4-6-12-7-9/h3,5,9H,2,4,6-7H2,1H3. The molecule has 1 atom stereocenters. The van der Waals surface area contributed by atoms with Gasteiger partial charge in [-0.1, -0.05) is 6.92 Å². The molecule has 0 radical (unpaired) electrons. The van der Waals surface area contributed by atoms with Gasteiger partial charge in [0.05, 0.1) is 6.04 Å². The fourth-order valence-electron chi connectivity index (χ4n) is 1.67. The smallest absolute Gasteiger partial charge is 0.0620 e. The van der Waals surface area contributed by atoms with Gasteiger partial charge < -0.3 is 0 Å². The van der Waals surface area contributed by atoms with Crippen LogP contribution in [0, 0.1) is 0 Å². The Morgan fingerprint density at radius 3 is 3.33 bits per heavy atom. The highest BCUT2D eigenvalue weighted by Gasteiger charge is 2.19. The average Bonchev–Trinajstić information content (AvgIpc) is 2.74. The van der Waals surface area contributed by atoms with Gasteiger partial charge >= 0.3 is 0 Å². The summed E-state index contributed by atoms with van der Waals surface area (Å²) in [6.07, 6.45) is 4.31. The summed E-state index contributed by atoms with van der Waals surface area (Å²) in [6, 6.07) is 2.79. The van der Waals surface area contributed by atoms with Crippen LogP contribution in [0.1, 0.15) is 25.1 Å². The summed E-state index contributed by atoms with van der Waals surface area (Å²) >= 11 is 2.04. The number of rotatable bonds is 2. The second-order valence-electron chi connectivity index (χ2n) is 3.14. The van der Waals surface area contributed by atoms with Crippen molar-refractivity contribution in [1.29, 1.82) is 0 Å². The molecule has 0 spiro atoms. The number of thioether (sulfide) groups is 1. The van der Waals surface area contributed by atoms with E-state index in [4.69, 9.17) is 0 Å². The van der Waals surface area contributed by atoms with Crippen LogP contribution in [0.5, 0.6) is 0 Å². The summed E-state index contributed by atoms with van der Waals surface area (Å²) in [7, 11) is 0. The lowest BCUT2D eigenvalue weighted by Gasteiger charge is -2.11. The SMILES string of the molecule is CCc1ccnn1C1CCSC1. The lowest BCUT2D eigenvalue weighted by molar-refractivity contribution is 0.484. The molecule has 1 aliphatic heterocycles. The van der Waals surface area contributed by atoms with E-state index in [1.54, 1.807) is 0 Å². The second-order valence-corrected chi connectivity index (χ2v) is 4.29. The molecular weight excluding hydrogens is 168 g/mol. The van der Waals surface area contributed by atoms with Gasteiger partial charge in [0.25, 0.3) is 0 Å². The summed E-state index contributed by atoms with van der Waals surface area (Å²) in [5.74, 6) is 2.54. The van der Waals surface area contributed by atoms with Gasteiger partial charge in [0.15, 0.2) is 0 Å². The molecule has 1 aromatic rings. The van der Waals surface area contributed by atoms with Gasteiger partial charge in [-0.15, -0.1) is 0 Å². The summed E-state index contributed by atoms with van der Waals surface area (Å²) in [6.45, 7) is 2.19. The van der Waals surface area contributed by atoms with Crippen molar-refractivity contribution >= 4 is 11.8 Å². The summed E-state index contributed by atoms with van der Waals surface area (Å²) < 4.78 is 2.21. The molecule has 0 aliphatic carbocycles. The first kappa shape index (κ1) is 8.17. The highest BCUT2D eigenvalue weighted by Crippen LogP contribution is 2.28. The summed E-state index contributed by atoms with van der Waals surface area (Å²) in [5.41, 5.74) is 1.38. The Morgan fingerprint density at radius 2 is 2.67 bits per heavy atom. The first-order valence-electron chi connectivity index (χ1n) is 4.52. The quantitative estimate of drug-likeness (QED) is 0.697. The summed E-state index contributed by atoms with van der Waals surface area (Å²) in [5, 5.41) is 4.37. The number of hydrogen-bond donors (Lipinski definition) is 0. The summed E-state index contributed by atoms with van der Waals surface area (Å²) in [4.78, 5) is 0. The van der Waals surface area contributed by atoms with Crippen LogP contribution in [0.3, 0.4) is 0 Å². The molecule has 1 fully saturated rings. The van der Waals surface area contributed by atoms with Gasteiger partial charge in [-0.25, -0.2) is 0 Å². The third-order valence-corrected chi connectivity index (χ3v) is 3.51. The Hall–Kier alpha value is -0.440. The van der Waals surface area contributed by atoms with Crippen LogP contribution in [0.4, 0.5) is 0 Å². The van der Waals surface area contributed by atoms with E-state index in [9.17, 15) is 0 Å². The first-order chi connectivity index (χ1) is 5.92. The van der Waals surface area contributed by atoms with Crippen LogP contribution in [0.2, 0.25) is 0 Å². The van der Waals surface area contributed by atoms with E-state index in [2.05, 4.69) is 22.8 Å². The van der Waals surface area contributed by atoms with Crippen LogP contribution in [0.15, 0.2) is 12.3 Å². The zero-order chi connectivity index (χ0) is 8.39. The average molecular weight is 182 g/mol. The van der Waals surface area contributed by atoms with Crippen molar-refractivity contribution in [1.82, 2.24) is 9.78 Å². The van der Waals surface area contributed by atoms with Gasteiger partial charge in [-0.3, -0.25) is 4.68 Å². The maximum atomic E-state index is 4.37. The van der Waals surface area contributed by atoms with E-state index in [0.29, 0.717) is 6.04 Å². The van der Waals surface area contributed by atoms with Crippen molar-refractivity contribution in [3.63, 3.8) is 0 Å². The fourth-order valence-corrected chi connectivity index (χ4v) is 2.85. The minimum atomic E-state index is 0.667. The van der Waals surface area contributed by atoms with Crippen LogP contribution in [-0.4, -0.2) is 21.3 Å². The highest BCUT2D eigenvalue weighted by molar-refractivity contribution is 7.99. The van der Waals surface area contributed by atoms with Crippen LogP contribution in [-0.2, 0) is 6.42 Å². The highest BCUT2D eigenvalue weighted by atomic mass is 32.2. The largest absolute Gasteiger partial charge is 0.266 e. The fraction of sp³-hybridized carbons (Fsp3) is 0.667. The van der Waals surface area contributed by atoms with Gasteiger partial charge in [-0.2, -0.15) is 16.9 Å². The van der Waals surface area contributed by atoms with Gasteiger partial charge in [0, 0.05) is 17.6 Å². The van der Waals surface area contributed by atoms with Crippen molar-refractivity contribution in [2.75, 3.05) is 11.5 Å². The van der Waals surface area contributed by atoms with Crippen LogP contribution < -0.4 is 0 Å². The molecule has 2 heterocycles. The van der Waals surface area contributed by atoms with Crippen molar-refractivity contribution in [3.05, 3.63) is 18.0 Å². The molecule has 1 saturated heterocycles. The molecule has 0 amide bonds. The molecule has 2 rings (SSSR count). The zero-order valence-electron chi connectivity index (χ0n) is 7.36. The van der Waals surface area contributed by atoms with E-state index in [1.807, 2.05) is 18.0 Å². The third kappa shape index (κ3) is 1.38. The predicted octanol–water partition coefficient (Wildman–Crippen LogP) is 2.12. The lowest BCUT2D eigenvalue weighted by atomic mass is 10.2. The number of hydrogen-bond acceptors (Lipinski definition) is 2. The van der Waals surface area contributed by atoms with E-state index in [1.165, 1.54) is 23.6 Å². The Labute approximate surface area is 77.3 Å². The lowest BCUT2D eigenvalue weighted by Crippen LogP contribution is -2.12. The molecule has 3 heteroatoms. The Morgan fingerprint density at radius 1 is 1.75 bits per heavy atom. The Kier molecular flexibility index (Phi) is 2.40. The van der Waals surface area contributed by atoms with Crippen molar-refractivity contribution in [3.8, 4) is 0 Å².